The zero-order valence-corrected chi connectivity index (χ0v) is 13.4. The Hall–Kier alpha value is -0.990. The van der Waals surface area contributed by atoms with Crippen molar-refractivity contribution in [3.63, 3.8) is 0 Å². The van der Waals surface area contributed by atoms with Gasteiger partial charge in [0.15, 0.2) is 11.5 Å². The number of rotatable bonds is 9. The fourth-order valence-corrected chi connectivity index (χ4v) is 2.45. The molecule has 0 saturated heterocycles. The molecule has 0 unspecified atom stereocenters. The fraction of sp³-hybridized carbons (Fsp3) is 0.571. The molecule has 4 N–H and O–H groups in total. The lowest BCUT2D eigenvalue weighted by Crippen LogP contribution is -2.54. The van der Waals surface area contributed by atoms with E-state index in [-0.39, 0.29) is 19.8 Å². The molecule has 6 nitrogen and oxygen atoms in total. The minimum atomic E-state index is -1.11. The van der Waals surface area contributed by atoms with Crippen LogP contribution < -0.4 is 14.8 Å². The van der Waals surface area contributed by atoms with Gasteiger partial charge in [0.25, 0.3) is 0 Å². The second-order valence-corrected chi connectivity index (χ2v) is 5.48. The Bertz CT molecular complexity index is 443. The van der Waals surface area contributed by atoms with Gasteiger partial charge in [0.1, 0.15) is 0 Å². The van der Waals surface area contributed by atoms with Crippen molar-refractivity contribution in [3.05, 3.63) is 17.7 Å². The van der Waals surface area contributed by atoms with Crippen molar-refractivity contribution in [1.82, 2.24) is 5.32 Å². The first-order valence-corrected chi connectivity index (χ1v) is 7.68. The van der Waals surface area contributed by atoms with Crippen LogP contribution in [-0.4, -0.2) is 61.2 Å². The second kappa shape index (κ2) is 8.45. The van der Waals surface area contributed by atoms with Crippen LogP contribution in [-0.2, 0) is 6.54 Å². The standard InChI is InChI=1S/C14H23NO5S/c1-19-11-4-10(13(21-3)5-12(11)20-2)6-15-14(7-16,8-17)9-18/h4-5,15-18H,6-9H2,1-3H3. The number of ether oxygens (including phenoxy) is 2. The second-order valence-electron chi connectivity index (χ2n) is 4.63. The molecule has 21 heavy (non-hydrogen) atoms. The number of nitrogens with one attached hydrogen (secondary N) is 1. The van der Waals surface area contributed by atoms with Gasteiger partial charge in [-0.25, -0.2) is 0 Å². The summed E-state index contributed by atoms with van der Waals surface area (Å²) in [7, 11) is 3.14. The average Bonchev–Trinajstić information content (AvgIpc) is 2.55. The highest BCUT2D eigenvalue weighted by atomic mass is 32.2. The number of hydrogen-bond acceptors (Lipinski definition) is 7. The van der Waals surface area contributed by atoms with Gasteiger partial charge in [-0.3, -0.25) is 0 Å². The third-order valence-electron chi connectivity index (χ3n) is 3.35. The van der Waals surface area contributed by atoms with E-state index >= 15 is 0 Å². The quantitative estimate of drug-likeness (QED) is 0.485. The molecule has 0 aliphatic heterocycles. The molecule has 1 aromatic carbocycles. The molecule has 1 aromatic rings. The molecule has 0 heterocycles. The first-order chi connectivity index (χ1) is 10.1. The number of benzene rings is 1. The average molecular weight is 317 g/mol. The summed E-state index contributed by atoms with van der Waals surface area (Å²) in [5.41, 5.74) is -0.178. The van der Waals surface area contributed by atoms with E-state index in [0.29, 0.717) is 18.0 Å². The Kier molecular flexibility index (Phi) is 7.27. The summed E-state index contributed by atoms with van der Waals surface area (Å²) in [4.78, 5) is 0.989. The molecule has 0 spiro atoms. The van der Waals surface area contributed by atoms with Crippen LogP contribution in [0, 0.1) is 0 Å². The number of aliphatic hydroxyl groups excluding tert-OH is 3. The molecule has 0 aliphatic rings. The molecule has 7 heteroatoms. The third-order valence-corrected chi connectivity index (χ3v) is 4.17. The summed E-state index contributed by atoms with van der Waals surface area (Å²) in [5, 5.41) is 31.0. The normalized spacial score (nSPS) is 11.5. The fourth-order valence-electron chi connectivity index (χ4n) is 1.83. The van der Waals surface area contributed by atoms with Crippen molar-refractivity contribution in [2.75, 3.05) is 40.3 Å². The molecule has 120 valence electrons. The lowest BCUT2D eigenvalue weighted by Gasteiger charge is -2.29. The van der Waals surface area contributed by atoms with Crippen molar-refractivity contribution in [2.45, 2.75) is 17.0 Å². The first-order valence-electron chi connectivity index (χ1n) is 6.46. The van der Waals surface area contributed by atoms with Crippen LogP contribution in [0.3, 0.4) is 0 Å². The van der Waals surface area contributed by atoms with Gasteiger partial charge in [0, 0.05) is 11.4 Å². The molecule has 0 fully saturated rings. The summed E-state index contributed by atoms with van der Waals surface area (Å²) >= 11 is 1.55. The first kappa shape index (κ1) is 18.1. The van der Waals surface area contributed by atoms with Crippen molar-refractivity contribution < 1.29 is 24.8 Å². The Labute approximate surface area is 129 Å². The van der Waals surface area contributed by atoms with Crippen LogP contribution >= 0.6 is 11.8 Å². The lowest BCUT2D eigenvalue weighted by atomic mass is 10.0. The SMILES string of the molecule is COc1cc(CNC(CO)(CO)CO)c(SC)cc1OC. The van der Waals surface area contributed by atoms with Crippen LogP contribution in [0.4, 0.5) is 0 Å². The Balaban J connectivity index is 3.01. The van der Waals surface area contributed by atoms with E-state index in [1.165, 1.54) is 0 Å². The van der Waals surface area contributed by atoms with E-state index in [1.807, 2.05) is 18.4 Å². The van der Waals surface area contributed by atoms with Crippen LogP contribution in [0.15, 0.2) is 17.0 Å². The Morgan fingerprint density at radius 1 is 1.05 bits per heavy atom. The molecule has 0 bridgehead atoms. The number of hydrogen-bond donors (Lipinski definition) is 4. The molecule has 1 rings (SSSR count). The largest absolute Gasteiger partial charge is 0.493 e. The maximum absolute atomic E-state index is 9.33. The third kappa shape index (κ3) is 4.24. The zero-order valence-electron chi connectivity index (χ0n) is 12.5. The molecular formula is C14H23NO5S. The summed E-state index contributed by atoms with van der Waals surface area (Å²) in [5.74, 6) is 1.25. The predicted molar refractivity (Wildman–Crippen MR) is 82.2 cm³/mol. The number of methoxy groups -OCH3 is 2. The Morgan fingerprint density at radius 2 is 1.57 bits per heavy atom. The molecular weight excluding hydrogens is 294 g/mol. The molecule has 0 radical (unpaired) electrons. The van der Waals surface area contributed by atoms with Crippen LogP contribution in [0.1, 0.15) is 5.56 Å². The summed E-state index contributed by atoms with van der Waals surface area (Å²) in [6.07, 6.45) is 1.95. The Morgan fingerprint density at radius 3 is 2.00 bits per heavy atom. The van der Waals surface area contributed by atoms with E-state index in [9.17, 15) is 15.3 Å². The number of aliphatic hydroxyl groups is 3. The zero-order chi connectivity index (χ0) is 15.9. The number of thioether (sulfide) groups is 1. The predicted octanol–water partition coefficient (Wildman–Crippen LogP) is 0.231. The highest BCUT2D eigenvalue weighted by Gasteiger charge is 2.27. The molecule has 0 atom stereocenters. The maximum Gasteiger partial charge on any atom is 0.161 e. The van der Waals surface area contributed by atoms with Crippen molar-refractivity contribution >= 4 is 11.8 Å². The summed E-state index contributed by atoms with van der Waals surface area (Å²) in [6.45, 7) is -0.704. The minimum Gasteiger partial charge on any atom is -0.493 e. The van der Waals surface area contributed by atoms with Crippen LogP contribution in [0.25, 0.3) is 0 Å². The van der Waals surface area contributed by atoms with Crippen molar-refractivity contribution in [1.29, 1.82) is 0 Å². The summed E-state index contributed by atoms with van der Waals surface area (Å²) in [6, 6.07) is 3.72. The van der Waals surface area contributed by atoms with E-state index in [2.05, 4.69) is 5.32 Å². The van der Waals surface area contributed by atoms with E-state index in [1.54, 1.807) is 26.0 Å². The van der Waals surface area contributed by atoms with Gasteiger partial charge in [0.2, 0.25) is 0 Å². The van der Waals surface area contributed by atoms with Gasteiger partial charge in [-0.15, -0.1) is 11.8 Å². The maximum atomic E-state index is 9.33. The smallest absolute Gasteiger partial charge is 0.161 e. The highest BCUT2D eigenvalue weighted by molar-refractivity contribution is 7.98. The molecule has 0 aliphatic carbocycles. The molecule has 0 amide bonds. The van der Waals surface area contributed by atoms with E-state index < -0.39 is 5.54 Å². The van der Waals surface area contributed by atoms with Crippen molar-refractivity contribution in [3.8, 4) is 11.5 Å². The van der Waals surface area contributed by atoms with Crippen LogP contribution in [0.2, 0.25) is 0 Å². The van der Waals surface area contributed by atoms with Gasteiger partial charge in [-0.05, 0) is 24.0 Å². The van der Waals surface area contributed by atoms with Gasteiger partial charge < -0.3 is 30.1 Å². The molecule has 0 aromatic heterocycles. The van der Waals surface area contributed by atoms with Gasteiger partial charge >= 0.3 is 0 Å². The topological polar surface area (TPSA) is 91.2 Å². The molecule has 0 saturated carbocycles. The highest BCUT2D eigenvalue weighted by Crippen LogP contribution is 2.34. The van der Waals surface area contributed by atoms with Gasteiger partial charge in [-0.2, -0.15) is 0 Å². The van der Waals surface area contributed by atoms with E-state index in [0.717, 1.165) is 10.5 Å². The summed E-state index contributed by atoms with van der Waals surface area (Å²) < 4.78 is 10.5. The van der Waals surface area contributed by atoms with Crippen LogP contribution in [0.5, 0.6) is 11.5 Å². The monoisotopic (exact) mass is 317 g/mol. The lowest BCUT2D eigenvalue weighted by molar-refractivity contribution is 0.0412. The van der Waals surface area contributed by atoms with Gasteiger partial charge in [-0.1, -0.05) is 0 Å². The minimum absolute atomic E-state index is 0.359. The van der Waals surface area contributed by atoms with Crippen molar-refractivity contribution in [2.24, 2.45) is 0 Å². The van der Waals surface area contributed by atoms with E-state index in [4.69, 9.17) is 9.47 Å². The van der Waals surface area contributed by atoms with Gasteiger partial charge in [0.05, 0.1) is 39.6 Å².